The van der Waals surface area contributed by atoms with Crippen molar-refractivity contribution in [3.05, 3.63) is 36.2 Å². The van der Waals surface area contributed by atoms with Crippen LogP contribution in [0, 0.1) is 0 Å². The number of aromatic nitrogens is 2. The third-order valence-electron chi connectivity index (χ3n) is 2.63. The highest BCUT2D eigenvalue weighted by molar-refractivity contribution is 6.04. The number of nitrogens with zero attached hydrogens (tertiary/aromatic N) is 2. The Bertz CT molecular complexity index is 548. The summed E-state index contributed by atoms with van der Waals surface area (Å²) in [4.78, 5) is 20.4. The quantitative estimate of drug-likeness (QED) is 0.843. The Hall–Kier alpha value is -2.01. The van der Waals surface area contributed by atoms with Gasteiger partial charge in [0.25, 0.3) is 5.91 Å². The normalized spacial score (nSPS) is 12.3. The van der Waals surface area contributed by atoms with Gasteiger partial charge in [-0.25, -0.2) is 0 Å². The van der Waals surface area contributed by atoms with Crippen LogP contribution in [0.3, 0.4) is 0 Å². The molecule has 0 bridgehead atoms. The van der Waals surface area contributed by atoms with Gasteiger partial charge in [-0.05, 0) is 25.5 Å². The van der Waals surface area contributed by atoms with Crippen LogP contribution in [0.5, 0.6) is 0 Å². The van der Waals surface area contributed by atoms with Crippen LogP contribution in [-0.2, 0) is 0 Å². The number of hydrogen-bond acceptors (Lipinski definition) is 4. The van der Waals surface area contributed by atoms with Crippen molar-refractivity contribution in [3.63, 3.8) is 0 Å². The fraction of sp³-hybridized carbons (Fsp3) is 0.308. The molecule has 94 valence electrons. The molecule has 0 radical (unpaired) electrons. The zero-order valence-electron chi connectivity index (χ0n) is 10.3. The average molecular weight is 244 g/mol. The van der Waals surface area contributed by atoms with Gasteiger partial charge in [0.2, 0.25) is 0 Å². The monoisotopic (exact) mass is 244 g/mol. The second kappa shape index (κ2) is 5.55. The number of carbonyl (C=O) groups excluding carboxylic acids is 1. The number of para-hydroxylation sites is 1. The van der Waals surface area contributed by atoms with Crippen LogP contribution in [0.4, 0.5) is 0 Å². The first-order chi connectivity index (χ1) is 8.68. The Balaban J connectivity index is 2.17. The van der Waals surface area contributed by atoms with Gasteiger partial charge in [0.05, 0.1) is 11.1 Å². The number of nitrogens with one attached hydrogen (secondary N) is 1. The van der Waals surface area contributed by atoms with Gasteiger partial charge in [0.1, 0.15) is 5.52 Å². The van der Waals surface area contributed by atoms with E-state index in [1.807, 2.05) is 13.0 Å². The van der Waals surface area contributed by atoms with Crippen LogP contribution in [0.25, 0.3) is 11.0 Å². The van der Waals surface area contributed by atoms with E-state index in [9.17, 15) is 4.79 Å². The minimum Gasteiger partial charge on any atom is -0.352 e. The summed E-state index contributed by atoms with van der Waals surface area (Å²) in [5, 5.41) is 2.84. The molecule has 5 nitrogen and oxygen atoms in total. The molecule has 1 atom stereocenters. The summed E-state index contributed by atoms with van der Waals surface area (Å²) in [6.45, 7) is 2.47. The lowest BCUT2D eigenvalue weighted by atomic mass is 10.1. The summed E-state index contributed by atoms with van der Waals surface area (Å²) in [5.41, 5.74) is 7.52. The molecule has 1 aromatic carbocycles. The maximum atomic E-state index is 12.0. The highest BCUT2D eigenvalue weighted by atomic mass is 16.1. The van der Waals surface area contributed by atoms with Gasteiger partial charge in [0, 0.05) is 25.0 Å². The van der Waals surface area contributed by atoms with E-state index in [2.05, 4.69) is 15.3 Å². The molecule has 3 N–H and O–H groups in total. The Labute approximate surface area is 105 Å². The van der Waals surface area contributed by atoms with Crippen molar-refractivity contribution in [2.75, 3.05) is 6.54 Å². The second-order valence-electron chi connectivity index (χ2n) is 4.25. The molecule has 2 rings (SSSR count). The summed E-state index contributed by atoms with van der Waals surface area (Å²) >= 11 is 0. The highest BCUT2D eigenvalue weighted by Crippen LogP contribution is 2.13. The minimum atomic E-state index is -0.137. The maximum Gasteiger partial charge on any atom is 0.253 e. The first-order valence-corrected chi connectivity index (χ1v) is 5.92. The van der Waals surface area contributed by atoms with E-state index in [0.717, 1.165) is 11.9 Å². The lowest BCUT2D eigenvalue weighted by molar-refractivity contribution is 0.0954. The van der Waals surface area contributed by atoms with Crippen molar-refractivity contribution < 1.29 is 4.79 Å². The standard InChI is InChI=1S/C13H16N4O/c1-9(14)5-6-17-13(18)10-3-2-4-11-12(10)16-8-7-15-11/h2-4,7-9H,5-6,14H2,1H3,(H,17,18). The molecular formula is C13H16N4O. The lowest BCUT2D eigenvalue weighted by Gasteiger charge is -2.08. The SMILES string of the molecule is CC(N)CCNC(=O)c1cccc2nccnc12. The smallest absolute Gasteiger partial charge is 0.253 e. The first kappa shape index (κ1) is 12.4. The fourth-order valence-electron chi connectivity index (χ4n) is 1.68. The van der Waals surface area contributed by atoms with Gasteiger partial charge >= 0.3 is 0 Å². The van der Waals surface area contributed by atoms with Crippen molar-refractivity contribution in [1.29, 1.82) is 0 Å². The van der Waals surface area contributed by atoms with Crippen LogP contribution >= 0.6 is 0 Å². The molecule has 5 heteroatoms. The number of amides is 1. The van der Waals surface area contributed by atoms with E-state index >= 15 is 0 Å². The van der Waals surface area contributed by atoms with E-state index in [4.69, 9.17) is 5.73 Å². The molecule has 0 aliphatic rings. The Morgan fingerprint density at radius 1 is 1.39 bits per heavy atom. The topological polar surface area (TPSA) is 80.9 Å². The second-order valence-corrected chi connectivity index (χ2v) is 4.25. The molecule has 1 amide bonds. The largest absolute Gasteiger partial charge is 0.352 e. The van der Waals surface area contributed by atoms with Crippen molar-refractivity contribution in [3.8, 4) is 0 Å². The molecule has 0 fully saturated rings. The van der Waals surface area contributed by atoms with Crippen LogP contribution in [0.1, 0.15) is 23.7 Å². The molecule has 0 aliphatic carbocycles. The molecule has 1 unspecified atom stereocenters. The highest BCUT2D eigenvalue weighted by Gasteiger charge is 2.10. The molecule has 1 aromatic heterocycles. The number of hydrogen-bond donors (Lipinski definition) is 2. The zero-order chi connectivity index (χ0) is 13.0. The van der Waals surface area contributed by atoms with Gasteiger partial charge in [-0.15, -0.1) is 0 Å². The maximum absolute atomic E-state index is 12.0. The predicted molar refractivity (Wildman–Crippen MR) is 70.1 cm³/mol. The van der Waals surface area contributed by atoms with Crippen molar-refractivity contribution >= 4 is 16.9 Å². The van der Waals surface area contributed by atoms with Crippen LogP contribution in [0.2, 0.25) is 0 Å². The Morgan fingerprint density at radius 2 is 2.17 bits per heavy atom. The summed E-state index contributed by atoms with van der Waals surface area (Å²) in [5.74, 6) is -0.137. The molecule has 1 heterocycles. The van der Waals surface area contributed by atoms with Crippen molar-refractivity contribution in [2.45, 2.75) is 19.4 Å². The number of nitrogens with two attached hydrogens (primary N) is 1. The van der Waals surface area contributed by atoms with Gasteiger partial charge in [0.15, 0.2) is 0 Å². The molecule has 18 heavy (non-hydrogen) atoms. The molecule has 0 saturated heterocycles. The molecule has 0 aliphatic heterocycles. The summed E-state index contributed by atoms with van der Waals surface area (Å²) in [6.07, 6.45) is 3.95. The minimum absolute atomic E-state index is 0.0811. The number of rotatable bonds is 4. The third kappa shape index (κ3) is 2.81. The van der Waals surface area contributed by atoms with E-state index < -0.39 is 0 Å². The first-order valence-electron chi connectivity index (χ1n) is 5.92. The molecular weight excluding hydrogens is 228 g/mol. The number of fused-ring (bicyclic) bond motifs is 1. The average Bonchev–Trinajstić information content (AvgIpc) is 2.37. The van der Waals surface area contributed by atoms with Crippen molar-refractivity contribution in [2.24, 2.45) is 5.73 Å². The number of carbonyl (C=O) groups is 1. The van der Waals surface area contributed by atoms with E-state index in [0.29, 0.717) is 17.6 Å². The van der Waals surface area contributed by atoms with Gasteiger partial charge in [-0.2, -0.15) is 0 Å². The predicted octanol–water partition coefficient (Wildman–Crippen LogP) is 1.10. The summed E-state index contributed by atoms with van der Waals surface area (Å²) < 4.78 is 0. The lowest BCUT2D eigenvalue weighted by Crippen LogP contribution is -2.29. The molecule has 0 spiro atoms. The Morgan fingerprint density at radius 3 is 2.94 bits per heavy atom. The van der Waals surface area contributed by atoms with Gasteiger partial charge in [-0.1, -0.05) is 6.07 Å². The van der Waals surface area contributed by atoms with Crippen LogP contribution in [0.15, 0.2) is 30.6 Å². The van der Waals surface area contributed by atoms with E-state index in [1.54, 1.807) is 24.5 Å². The number of benzene rings is 1. The van der Waals surface area contributed by atoms with E-state index in [-0.39, 0.29) is 11.9 Å². The third-order valence-corrected chi connectivity index (χ3v) is 2.63. The summed E-state index contributed by atoms with van der Waals surface area (Å²) in [7, 11) is 0. The van der Waals surface area contributed by atoms with Crippen LogP contribution < -0.4 is 11.1 Å². The van der Waals surface area contributed by atoms with Gasteiger partial charge < -0.3 is 11.1 Å². The Kier molecular flexibility index (Phi) is 3.84. The van der Waals surface area contributed by atoms with E-state index in [1.165, 1.54) is 0 Å². The summed E-state index contributed by atoms with van der Waals surface area (Å²) in [6, 6.07) is 5.47. The van der Waals surface area contributed by atoms with Crippen molar-refractivity contribution in [1.82, 2.24) is 15.3 Å². The molecule has 2 aromatic rings. The zero-order valence-corrected chi connectivity index (χ0v) is 10.3. The van der Waals surface area contributed by atoms with Crippen LogP contribution in [-0.4, -0.2) is 28.5 Å². The molecule has 0 saturated carbocycles. The fourth-order valence-corrected chi connectivity index (χ4v) is 1.68. The van der Waals surface area contributed by atoms with Gasteiger partial charge in [-0.3, -0.25) is 14.8 Å².